The van der Waals surface area contributed by atoms with Crippen molar-refractivity contribution in [1.82, 2.24) is 5.32 Å². The van der Waals surface area contributed by atoms with Gasteiger partial charge in [-0.25, -0.2) is 0 Å². The van der Waals surface area contributed by atoms with Crippen molar-refractivity contribution < 1.29 is 9.53 Å². The van der Waals surface area contributed by atoms with Crippen molar-refractivity contribution in [3.63, 3.8) is 0 Å². The molecule has 1 aromatic carbocycles. The Kier molecular flexibility index (Phi) is 5.57. The highest BCUT2D eigenvalue weighted by atomic mass is 16.5. The van der Waals surface area contributed by atoms with Crippen molar-refractivity contribution >= 4 is 5.78 Å². The van der Waals surface area contributed by atoms with Gasteiger partial charge in [-0.1, -0.05) is 26.0 Å². The largest absolute Gasteiger partial charge is 0.494 e. The monoisotopic (exact) mass is 221 g/mol. The standard InChI is InChI=1S/C13H19NO2/c1-3-8-16-12-7-5-6-11(9-12)13(15)10-14-4-2/h5-7,9,14H,3-4,8,10H2,1-2H3. The van der Waals surface area contributed by atoms with Gasteiger partial charge in [0.2, 0.25) is 0 Å². The molecule has 0 amide bonds. The first-order chi connectivity index (χ1) is 7.77. The number of likely N-dealkylation sites (N-methyl/N-ethyl adjacent to an activating group) is 1. The number of hydrogen-bond acceptors (Lipinski definition) is 3. The van der Waals surface area contributed by atoms with Crippen LogP contribution in [0.1, 0.15) is 30.6 Å². The fraction of sp³-hybridized carbons (Fsp3) is 0.462. The highest BCUT2D eigenvalue weighted by molar-refractivity contribution is 5.97. The van der Waals surface area contributed by atoms with E-state index < -0.39 is 0 Å². The summed E-state index contributed by atoms with van der Waals surface area (Å²) < 4.78 is 5.48. The zero-order valence-corrected chi connectivity index (χ0v) is 9.95. The molecule has 0 aliphatic carbocycles. The summed E-state index contributed by atoms with van der Waals surface area (Å²) in [5.41, 5.74) is 0.703. The first-order valence-electron chi connectivity index (χ1n) is 5.74. The van der Waals surface area contributed by atoms with E-state index in [4.69, 9.17) is 4.74 Å². The summed E-state index contributed by atoms with van der Waals surface area (Å²) in [6, 6.07) is 7.34. The van der Waals surface area contributed by atoms with Crippen molar-refractivity contribution in [1.29, 1.82) is 0 Å². The number of benzene rings is 1. The molecule has 1 aromatic rings. The third kappa shape index (κ3) is 4.03. The molecular weight excluding hydrogens is 202 g/mol. The maximum Gasteiger partial charge on any atom is 0.176 e. The second kappa shape index (κ2) is 7.01. The Labute approximate surface area is 96.8 Å². The number of carbonyl (C=O) groups excluding carboxylic acids is 1. The fourth-order valence-electron chi connectivity index (χ4n) is 1.32. The minimum absolute atomic E-state index is 0.101. The SMILES string of the molecule is CCCOc1cccc(C(=O)CNCC)c1. The van der Waals surface area contributed by atoms with Gasteiger partial charge in [0.15, 0.2) is 5.78 Å². The van der Waals surface area contributed by atoms with Crippen molar-refractivity contribution in [2.75, 3.05) is 19.7 Å². The van der Waals surface area contributed by atoms with Crippen LogP contribution in [0.5, 0.6) is 5.75 Å². The first kappa shape index (κ1) is 12.7. The summed E-state index contributed by atoms with van der Waals surface area (Å²) in [4.78, 5) is 11.7. The van der Waals surface area contributed by atoms with Crippen LogP contribution in [-0.2, 0) is 0 Å². The molecule has 0 atom stereocenters. The van der Waals surface area contributed by atoms with E-state index in [1.807, 2.05) is 25.1 Å². The molecule has 0 fully saturated rings. The molecule has 0 aromatic heterocycles. The molecule has 0 aliphatic heterocycles. The number of ether oxygens (including phenoxy) is 1. The lowest BCUT2D eigenvalue weighted by atomic mass is 10.1. The second-order valence-corrected chi connectivity index (χ2v) is 3.58. The van der Waals surface area contributed by atoms with Gasteiger partial charge in [0.1, 0.15) is 5.75 Å². The lowest BCUT2D eigenvalue weighted by Gasteiger charge is -2.06. The Morgan fingerprint density at radius 2 is 2.19 bits per heavy atom. The molecular formula is C13H19NO2. The molecule has 0 aliphatic rings. The van der Waals surface area contributed by atoms with Gasteiger partial charge in [-0.2, -0.15) is 0 Å². The number of nitrogens with one attached hydrogen (secondary N) is 1. The van der Waals surface area contributed by atoms with Crippen LogP contribution in [0.4, 0.5) is 0 Å². The van der Waals surface area contributed by atoms with Crippen LogP contribution in [0.25, 0.3) is 0 Å². The average molecular weight is 221 g/mol. The molecule has 1 N–H and O–H groups in total. The molecule has 16 heavy (non-hydrogen) atoms. The third-order valence-corrected chi connectivity index (χ3v) is 2.16. The van der Waals surface area contributed by atoms with Gasteiger partial charge in [-0.15, -0.1) is 0 Å². The molecule has 1 rings (SSSR count). The molecule has 88 valence electrons. The van der Waals surface area contributed by atoms with Crippen LogP contribution in [0.2, 0.25) is 0 Å². The molecule has 3 nitrogen and oxygen atoms in total. The van der Waals surface area contributed by atoms with E-state index in [9.17, 15) is 4.79 Å². The van der Waals surface area contributed by atoms with Gasteiger partial charge >= 0.3 is 0 Å². The maximum absolute atomic E-state index is 11.7. The van der Waals surface area contributed by atoms with Crippen LogP contribution in [0.15, 0.2) is 24.3 Å². The van der Waals surface area contributed by atoms with Crippen LogP contribution in [0.3, 0.4) is 0 Å². The summed E-state index contributed by atoms with van der Waals surface area (Å²) >= 11 is 0. The van der Waals surface area contributed by atoms with Crippen LogP contribution < -0.4 is 10.1 Å². The molecule has 0 unspecified atom stereocenters. The highest BCUT2D eigenvalue weighted by Gasteiger charge is 2.05. The molecule has 3 heteroatoms. The van der Waals surface area contributed by atoms with E-state index in [0.717, 1.165) is 18.7 Å². The number of Topliss-reactive ketones (excluding diaryl/α,β-unsaturated/α-hetero) is 1. The molecule has 0 saturated heterocycles. The van der Waals surface area contributed by atoms with E-state index in [1.165, 1.54) is 0 Å². The normalized spacial score (nSPS) is 10.1. The summed E-state index contributed by atoms with van der Waals surface area (Å²) in [6.45, 7) is 5.91. The quantitative estimate of drug-likeness (QED) is 0.718. The third-order valence-electron chi connectivity index (χ3n) is 2.16. The number of hydrogen-bond donors (Lipinski definition) is 1. The van der Waals surface area contributed by atoms with E-state index in [-0.39, 0.29) is 5.78 Å². The second-order valence-electron chi connectivity index (χ2n) is 3.58. The lowest BCUT2D eigenvalue weighted by molar-refractivity contribution is 0.0991. The van der Waals surface area contributed by atoms with Crippen molar-refractivity contribution in [2.45, 2.75) is 20.3 Å². The zero-order chi connectivity index (χ0) is 11.8. The number of ketones is 1. The van der Waals surface area contributed by atoms with Crippen molar-refractivity contribution in [3.05, 3.63) is 29.8 Å². The Hall–Kier alpha value is -1.35. The minimum atomic E-state index is 0.101. The van der Waals surface area contributed by atoms with E-state index in [1.54, 1.807) is 6.07 Å². The van der Waals surface area contributed by atoms with Crippen molar-refractivity contribution in [2.24, 2.45) is 0 Å². The molecule has 0 spiro atoms. The van der Waals surface area contributed by atoms with Gasteiger partial charge in [0, 0.05) is 5.56 Å². The van der Waals surface area contributed by atoms with Crippen LogP contribution >= 0.6 is 0 Å². The van der Waals surface area contributed by atoms with Gasteiger partial charge in [0.05, 0.1) is 13.2 Å². The topological polar surface area (TPSA) is 38.3 Å². The zero-order valence-electron chi connectivity index (χ0n) is 9.95. The van der Waals surface area contributed by atoms with Crippen LogP contribution in [-0.4, -0.2) is 25.5 Å². The summed E-state index contributed by atoms with van der Waals surface area (Å²) in [7, 11) is 0. The molecule has 0 bridgehead atoms. The predicted molar refractivity (Wildman–Crippen MR) is 65.1 cm³/mol. The van der Waals surface area contributed by atoms with E-state index >= 15 is 0 Å². The van der Waals surface area contributed by atoms with Gasteiger partial charge in [0.25, 0.3) is 0 Å². The van der Waals surface area contributed by atoms with Gasteiger partial charge < -0.3 is 10.1 Å². The predicted octanol–water partition coefficient (Wildman–Crippen LogP) is 2.27. The average Bonchev–Trinajstić information content (AvgIpc) is 2.33. The summed E-state index contributed by atoms with van der Waals surface area (Å²) in [5.74, 6) is 0.869. The summed E-state index contributed by atoms with van der Waals surface area (Å²) in [6.07, 6.45) is 0.968. The highest BCUT2D eigenvalue weighted by Crippen LogP contribution is 2.13. The van der Waals surface area contributed by atoms with Gasteiger partial charge in [-0.05, 0) is 25.1 Å². The lowest BCUT2D eigenvalue weighted by Crippen LogP contribution is -2.22. The Morgan fingerprint density at radius 1 is 1.38 bits per heavy atom. The van der Waals surface area contributed by atoms with Gasteiger partial charge in [-0.3, -0.25) is 4.79 Å². The minimum Gasteiger partial charge on any atom is -0.494 e. The first-order valence-corrected chi connectivity index (χ1v) is 5.74. The molecule has 0 saturated carbocycles. The Balaban J connectivity index is 2.62. The molecule has 0 radical (unpaired) electrons. The van der Waals surface area contributed by atoms with Crippen molar-refractivity contribution in [3.8, 4) is 5.75 Å². The summed E-state index contributed by atoms with van der Waals surface area (Å²) in [5, 5.41) is 3.02. The maximum atomic E-state index is 11.7. The Morgan fingerprint density at radius 3 is 2.88 bits per heavy atom. The number of rotatable bonds is 7. The number of carbonyl (C=O) groups is 1. The molecule has 0 heterocycles. The van der Waals surface area contributed by atoms with E-state index in [0.29, 0.717) is 18.7 Å². The Bertz CT molecular complexity index is 336. The van der Waals surface area contributed by atoms with Crippen LogP contribution in [0, 0.1) is 0 Å². The van der Waals surface area contributed by atoms with E-state index in [2.05, 4.69) is 12.2 Å². The fourth-order valence-corrected chi connectivity index (χ4v) is 1.32. The smallest absolute Gasteiger partial charge is 0.176 e.